The third kappa shape index (κ3) is 1.68. The van der Waals surface area contributed by atoms with Gasteiger partial charge in [-0.2, -0.15) is 0 Å². The van der Waals surface area contributed by atoms with Gasteiger partial charge in [0.1, 0.15) is 5.75 Å². The van der Waals surface area contributed by atoms with Crippen LogP contribution in [0.4, 0.5) is 0 Å². The number of hydrogen-bond donors (Lipinski definition) is 0. The SMILES string of the molecule is [2H]c1nc([2H])c(OC([2H])[2H])c([2H])c1Br. The second-order valence-corrected chi connectivity index (χ2v) is 2.01. The van der Waals surface area contributed by atoms with Gasteiger partial charge in [0.25, 0.3) is 0 Å². The third-order valence-corrected chi connectivity index (χ3v) is 1.03. The molecule has 0 atom stereocenters. The number of aromatic nitrogens is 1. The van der Waals surface area contributed by atoms with Crippen LogP contribution in [0.15, 0.2) is 22.9 Å². The molecule has 0 radical (unpaired) electrons. The summed E-state index contributed by atoms with van der Waals surface area (Å²) in [6.45, 7) is 0. The summed E-state index contributed by atoms with van der Waals surface area (Å²) < 4.78 is 40.3. The molecule has 1 rings (SSSR count). The van der Waals surface area contributed by atoms with Crippen LogP contribution in [-0.4, -0.2) is 12.0 Å². The molecule has 1 aromatic heterocycles. The number of halogens is 1. The van der Waals surface area contributed by atoms with Crippen molar-refractivity contribution in [3.8, 4) is 5.75 Å². The Morgan fingerprint density at radius 3 is 3.56 bits per heavy atom. The van der Waals surface area contributed by atoms with Crippen molar-refractivity contribution in [2.75, 3.05) is 7.06 Å². The Morgan fingerprint density at radius 2 is 2.78 bits per heavy atom. The summed E-state index contributed by atoms with van der Waals surface area (Å²) in [6.07, 6.45) is -0.647. The first-order chi connectivity index (χ1) is 6.43. The van der Waals surface area contributed by atoms with Crippen LogP contribution in [0.25, 0.3) is 0 Å². The molecule has 0 aromatic carbocycles. The highest BCUT2D eigenvalue weighted by molar-refractivity contribution is 9.10. The molecule has 0 fully saturated rings. The molecule has 0 aliphatic carbocycles. The Hall–Kier alpha value is -0.570. The molecular formula is C6H6BrNO. The van der Waals surface area contributed by atoms with Crippen molar-refractivity contribution in [3.05, 3.63) is 22.9 Å². The normalized spacial score (nSPS) is 17.3. The van der Waals surface area contributed by atoms with E-state index in [1.165, 1.54) is 0 Å². The molecule has 0 bridgehead atoms. The van der Waals surface area contributed by atoms with Gasteiger partial charge in [0, 0.05) is 10.6 Å². The van der Waals surface area contributed by atoms with Crippen LogP contribution >= 0.6 is 15.9 Å². The minimum atomic E-state index is -1.62. The van der Waals surface area contributed by atoms with E-state index in [0.717, 1.165) is 0 Å². The average molecular weight is 193 g/mol. The van der Waals surface area contributed by atoms with E-state index < -0.39 is 13.2 Å². The Morgan fingerprint density at radius 1 is 1.89 bits per heavy atom. The van der Waals surface area contributed by atoms with E-state index in [9.17, 15) is 0 Å². The second kappa shape index (κ2) is 2.82. The molecular weight excluding hydrogens is 182 g/mol. The van der Waals surface area contributed by atoms with Crippen molar-refractivity contribution in [1.29, 1.82) is 0 Å². The van der Waals surface area contributed by atoms with E-state index >= 15 is 0 Å². The molecule has 48 valence electrons. The van der Waals surface area contributed by atoms with E-state index in [2.05, 4.69) is 25.7 Å². The van der Waals surface area contributed by atoms with Gasteiger partial charge in [-0.15, -0.1) is 0 Å². The second-order valence-electron chi connectivity index (χ2n) is 1.22. The molecule has 0 spiro atoms. The van der Waals surface area contributed by atoms with E-state index in [-0.39, 0.29) is 22.4 Å². The molecule has 0 aliphatic heterocycles. The number of hydrogen-bond acceptors (Lipinski definition) is 2. The van der Waals surface area contributed by atoms with Crippen molar-refractivity contribution in [2.45, 2.75) is 0 Å². The number of methoxy groups -OCH3 is 1. The zero-order valence-corrected chi connectivity index (χ0v) is 5.90. The Kier molecular flexibility index (Phi) is 0.810. The molecule has 2 nitrogen and oxygen atoms in total. The first-order valence-corrected chi connectivity index (χ1v) is 2.87. The van der Waals surface area contributed by atoms with Gasteiger partial charge >= 0.3 is 0 Å². The summed E-state index contributed by atoms with van der Waals surface area (Å²) in [7, 11) is -1.62. The van der Waals surface area contributed by atoms with E-state index in [1.807, 2.05) is 0 Å². The van der Waals surface area contributed by atoms with Crippen LogP contribution in [0.1, 0.15) is 6.85 Å². The van der Waals surface area contributed by atoms with Crippen LogP contribution in [0.5, 0.6) is 5.75 Å². The first-order valence-electron chi connectivity index (χ1n) is 4.73. The van der Waals surface area contributed by atoms with Gasteiger partial charge < -0.3 is 4.74 Å². The Balaban J connectivity index is 3.22. The fourth-order valence-electron chi connectivity index (χ4n) is 0.339. The maximum atomic E-state index is 7.45. The number of ether oxygens (including phenoxy) is 1. The van der Waals surface area contributed by atoms with E-state index in [1.54, 1.807) is 0 Å². The minimum absolute atomic E-state index is 0.0872. The quantitative estimate of drug-likeness (QED) is 0.678. The summed E-state index contributed by atoms with van der Waals surface area (Å²) in [4.78, 5) is 3.46. The van der Waals surface area contributed by atoms with Gasteiger partial charge in [-0.1, -0.05) is 0 Å². The van der Waals surface area contributed by atoms with Crippen molar-refractivity contribution in [3.63, 3.8) is 0 Å². The van der Waals surface area contributed by atoms with Gasteiger partial charge in [0.2, 0.25) is 0 Å². The van der Waals surface area contributed by atoms with Gasteiger partial charge in [0.05, 0.1) is 20.1 Å². The lowest BCUT2D eigenvalue weighted by Gasteiger charge is -1.96. The molecule has 0 unspecified atom stereocenters. The summed E-state index contributed by atoms with van der Waals surface area (Å²) in [5.41, 5.74) is 0. The van der Waals surface area contributed by atoms with Gasteiger partial charge in [-0.05, 0) is 22.0 Å². The summed E-state index contributed by atoms with van der Waals surface area (Å²) in [5.74, 6) is -0.261. The molecule has 0 saturated carbocycles. The predicted molar refractivity (Wildman–Crippen MR) is 38.5 cm³/mol. The van der Waals surface area contributed by atoms with Crippen molar-refractivity contribution >= 4 is 15.9 Å². The Bertz CT molecular complexity index is 359. The minimum Gasteiger partial charge on any atom is -0.495 e. The standard InChI is InChI=1S/C6H6BrNO/c1-9-6-2-5(7)3-8-4-6/h2-4H,1H3/i1D2,2D,3D,4D. The molecule has 9 heavy (non-hydrogen) atoms. The van der Waals surface area contributed by atoms with Crippen molar-refractivity contribution in [2.24, 2.45) is 0 Å². The molecule has 1 heterocycles. The lowest BCUT2D eigenvalue weighted by Crippen LogP contribution is -1.82. The van der Waals surface area contributed by atoms with Crippen LogP contribution in [0.2, 0.25) is 0 Å². The van der Waals surface area contributed by atoms with Crippen LogP contribution in [0.3, 0.4) is 0 Å². The number of rotatable bonds is 1. The van der Waals surface area contributed by atoms with Gasteiger partial charge in [0.15, 0.2) is 0 Å². The maximum absolute atomic E-state index is 7.45. The van der Waals surface area contributed by atoms with Gasteiger partial charge in [-0.25, -0.2) is 0 Å². The first kappa shape index (κ1) is 2.58. The largest absolute Gasteiger partial charge is 0.495 e. The average Bonchev–Trinajstić information content (AvgIpc) is 2.09. The molecule has 0 amide bonds. The highest BCUT2D eigenvalue weighted by Gasteiger charge is 1.89. The Labute approximate surface area is 69.0 Å². The van der Waals surface area contributed by atoms with Crippen LogP contribution in [-0.2, 0) is 0 Å². The summed E-state index contributed by atoms with van der Waals surface area (Å²) in [6, 6.07) is -0.237. The van der Waals surface area contributed by atoms with E-state index in [4.69, 9.17) is 6.85 Å². The summed E-state index contributed by atoms with van der Waals surface area (Å²) in [5, 5.41) is 0. The topological polar surface area (TPSA) is 22.1 Å². The van der Waals surface area contributed by atoms with Crippen molar-refractivity contribution < 1.29 is 11.6 Å². The zero-order chi connectivity index (χ0) is 10.9. The van der Waals surface area contributed by atoms with Crippen LogP contribution < -0.4 is 4.74 Å². The smallest absolute Gasteiger partial charge is 0.138 e. The lowest BCUT2D eigenvalue weighted by atomic mass is 10.5. The van der Waals surface area contributed by atoms with E-state index in [0.29, 0.717) is 0 Å². The third-order valence-electron chi connectivity index (χ3n) is 0.653. The maximum Gasteiger partial charge on any atom is 0.138 e. The zero-order valence-electron chi connectivity index (χ0n) is 9.31. The fourth-order valence-corrected chi connectivity index (χ4v) is 0.608. The van der Waals surface area contributed by atoms with Crippen molar-refractivity contribution in [1.82, 2.24) is 4.98 Å². The van der Waals surface area contributed by atoms with Crippen LogP contribution in [0, 0.1) is 0 Å². The molecule has 0 aliphatic rings. The lowest BCUT2D eigenvalue weighted by molar-refractivity contribution is 0.412. The number of nitrogens with zero attached hydrogens (tertiary/aromatic N) is 1. The number of pyridine rings is 1. The predicted octanol–water partition coefficient (Wildman–Crippen LogP) is 1.85. The molecule has 0 N–H and O–H groups in total. The fraction of sp³-hybridized carbons (Fsp3) is 0.167. The van der Waals surface area contributed by atoms with Gasteiger partial charge in [-0.3, -0.25) is 4.98 Å². The highest BCUT2D eigenvalue weighted by atomic mass is 79.9. The molecule has 3 heteroatoms. The molecule has 0 saturated heterocycles. The highest BCUT2D eigenvalue weighted by Crippen LogP contribution is 2.14. The summed E-state index contributed by atoms with van der Waals surface area (Å²) >= 11 is 2.93. The molecule has 1 aromatic rings. The monoisotopic (exact) mass is 192 g/mol.